The normalized spacial score (nSPS) is 11.2. The lowest BCUT2D eigenvalue weighted by Crippen LogP contribution is -2.09. The van der Waals surface area contributed by atoms with E-state index in [1.807, 2.05) is 24.3 Å². The summed E-state index contributed by atoms with van der Waals surface area (Å²) in [5, 5.41) is 35.9. The Morgan fingerprint density at radius 3 is 1.35 bits per heavy atom. The zero-order valence-electron chi connectivity index (χ0n) is 45.1. The van der Waals surface area contributed by atoms with Crippen LogP contribution in [0, 0.1) is 29.6 Å². The molecule has 0 heterocycles. The highest BCUT2D eigenvalue weighted by Crippen LogP contribution is 2.48. The summed E-state index contributed by atoms with van der Waals surface area (Å²) in [5.41, 5.74) is 15.1. The first-order valence-electron chi connectivity index (χ1n) is 27.8. The molecular formula is C79H51N3. The van der Waals surface area contributed by atoms with Crippen LogP contribution in [0.3, 0.4) is 0 Å². The van der Waals surface area contributed by atoms with Crippen molar-refractivity contribution in [3.05, 3.63) is 308 Å². The average Bonchev–Trinajstić information content (AvgIpc) is 3.73. The largest absolute Gasteiger partial charge is 0.310 e. The third kappa shape index (κ3) is 8.72. The standard InChI is InChI=1S/C43H27N3.C36H24/c1-28-11-19-38-40(21-28)41-25-34(16-20-39(41)43(27-45)42(38)26-44)31-12-13-33-24-37(18-15-32(33)22-31)46(35-9-3-2-4-10-35)36-17-14-29-7-5-6-8-30(29)23-36;1-2-13-25(14-3-1)27-18-6-7-19-29(27)35-31-20-8-10-22-33(31)36(34-23-11-9-21-32(34)35)30-24-12-16-26-15-4-5-17-28(26)30/h2-25H,1H3;1-24H. The van der Waals surface area contributed by atoms with Crippen LogP contribution in [0.2, 0.25) is 0 Å². The van der Waals surface area contributed by atoms with Crippen LogP contribution in [0.5, 0.6) is 0 Å². The summed E-state index contributed by atoms with van der Waals surface area (Å²) >= 11 is 0. The van der Waals surface area contributed by atoms with E-state index in [9.17, 15) is 10.5 Å². The molecule has 0 radical (unpaired) electrons. The van der Waals surface area contributed by atoms with E-state index in [0.717, 1.165) is 66.1 Å². The summed E-state index contributed by atoms with van der Waals surface area (Å²) in [5.74, 6) is 0. The van der Waals surface area contributed by atoms with Crippen molar-refractivity contribution in [3.8, 4) is 56.6 Å². The quantitative estimate of drug-likeness (QED) is 0.118. The van der Waals surface area contributed by atoms with Gasteiger partial charge < -0.3 is 4.90 Å². The van der Waals surface area contributed by atoms with E-state index in [1.54, 1.807) is 0 Å². The number of rotatable bonds is 7. The zero-order chi connectivity index (χ0) is 55.1. The molecule has 3 nitrogen and oxygen atoms in total. The first kappa shape index (κ1) is 49.2. The van der Waals surface area contributed by atoms with Crippen molar-refractivity contribution in [2.75, 3.05) is 4.90 Å². The zero-order valence-corrected chi connectivity index (χ0v) is 45.1. The van der Waals surface area contributed by atoms with Gasteiger partial charge in [0.25, 0.3) is 0 Å². The summed E-state index contributed by atoms with van der Waals surface area (Å²) < 4.78 is 0. The van der Waals surface area contributed by atoms with Gasteiger partial charge in [-0.2, -0.15) is 10.5 Å². The molecule has 0 spiro atoms. The van der Waals surface area contributed by atoms with Crippen molar-refractivity contribution in [2.24, 2.45) is 0 Å². The molecule has 0 saturated heterocycles. The highest BCUT2D eigenvalue weighted by Gasteiger charge is 2.21. The maximum atomic E-state index is 10.0. The number of para-hydroxylation sites is 1. The molecule has 0 fully saturated rings. The van der Waals surface area contributed by atoms with Crippen LogP contribution < -0.4 is 4.90 Å². The third-order valence-corrected chi connectivity index (χ3v) is 16.2. The molecule has 15 aromatic rings. The van der Waals surface area contributed by atoms with Gasteiger partial charge in [0.2, 0.25) is 0 Å². The first-order chi connectivity index (χ1) is 40.5. The van der Waals surface area contributed by atoms with E-state index in [0.29, 0.717) is 11.1 Å². The molecule has 0 aliphatic carbocycles. The lowest BCUT2D eigenvalue weighted by Gasteiger charge is -2.26. The predicted octanol–water partition coefficient (Wildman–Crippen LogP) is 21.6. The Morgan fingerprint density at radius 2 is 0.695 bits per heavy atom. The monoisotopic (exact) mass is 1040 g/mol. The van der Waals surface area contributed by atoms with Gasteiger partial charge >= 0.3 is 0 Å². The molecular weight excluding hydrogens is 991 g/mol. The third-order valence-electron chi connectivity index (χ3n) is 16.2. The molecule has 382 valence electrons. The summed E-state index contributed by atoms with van der Waals surface area (Å²) in [6.45, 7) is 2.05. The van der Waals surface area contributed by atoms with Crippen LogP contribution in [-0.4, -0.2) is 0 Å². The minimum Gasteiger partial charge on any atom is -0.310 e. The maximum absolute atomic E-state index is 10.0. The van der Waals surface area contributed by atoms with Crippen molar-refractivity contribution >= 4 is 92.5 Å². The van der Waals surface area contributed by atoms with Crippen molar-refractivity contribution in [1.29, 1.82) is 10.5 Å². The summed E-state index contributed by atoms with van der Waals surface area (Å²) in [4.78, 5) is 2.30. The van der Waals surface area contributed by atoms with E-state index in [2.05, 4.69) is 291 Å². The van der Waals surface area contributed by atoms with Crippen molar-refractivity contribution < 1.29 is 0 Å². The fraction of sp³-hybridized carbons (Fsp3) is 0.0127. The summed E-state index contributed by atoms with van der Waals surface area (Å²) in [6.07, 6.45) is 0. The molecule has 0 bridgehead atoms. The van der Waals surface area contributed by atoms with E-state index >= 15 is 0 Å². The number of nitriles is 2. The van der Waals surface area contributed by atoms with Gasteiger partial charge in [0, 0.05) is 27.8 Å². The van der Waals surface area contributed by atoms with Gasteiger partial charge in [0.1, 0.15) is 12.1 Å². The number of anilines is 3. The van der Waals surface area contributed by atoms with E-state index in [1.165, 1.54) is 76.5 Å². The van der Waals surface area contributed by atoms with Crippen LogP contribution in [-0.2, 0) is 0 Å². The molecule has 0 unspecified atom stereocenters. The topological polar surface area (TPSA) is 50.8 Å². The molecule has 0 saturated carbocycles. The minimum absolute atomic E-state index is 0.431. The number of fused-ring (bicyclic) bond motifs is 8. The van der Waals surface area contributed by atoms with Gasteiger partial charge in [-0.15, -0.1) is 0 Å². The molecule has 0 amide bonds. The van der Waals surface area contributed by atoms with Crippen LogP contribution >= 0.6 is 0 Å². The molecule has 0 aliphatic heterocycles. The van der Waals surface area contributed by atoms with Crippen LogP contribution in [0.4, 0.5) is 17.1 Å². The van der Waals surface area contributed by atoms with E-state index < -0.39 is 0 Å². The van der Waals surface area contributed by atoms with Gasteiger partial charge in [-0.1, -0.05) is 248 Å². The van der Waals surface area contributed by atoms with Crippen LogP contribution in [0.15, 0.2) is 291 Å². The number of aryl methyl sites for hydroxylation is 1. The van der Waals surface area contributed by atoms with Gasteiger partial charge in [-0.25, -0.2) is 0 Å². The van der Waals surface area contributed by atoms with Gasteiger partial charge in [0.15, 0.2) is 0 Å². The number of hydrogen-bond donors (Lipinski definition) is 0. The van der Waals surface area contributed by atoms with E-state index in [4.69, 9.17) is 0 Å². The molecule has 0 aromatic heterocycles. The van der Waals surface area contributed by atoms with Gasteiger partial charge in [-0.05, 0) is 165 Å². The Balaban J connectivity index is 0.000000151. The highest BCUT2D eigenvalue weighted by atomic mass is 15.1. The molecule has 15 rings (SSSR count). The fourth-order valence-corrected chi connectivity index (χ4v) is 12.4. The molecule has 82 heavy (non-hydrogen) atoms. The minimum atomic E-state index is 0.431. The Kier molecular flexibility index (Phi) is 12.6. The van der Waals surface area contributed by atoms with Crippen LogP contribution in [0.25, 0.3) is 120 Å². The Labute approximate surface area is 476 Å². The van der Waals surface area contributed by atoms with Crippen molar-refractivity contribution in [1.82, 2.24) is 0 Å². The first-order valence-corrected chi connectivity index (χ1v) is 27.8. The molecule has 0 atom stereocenters. The smallest absolute Gasteiger partial charge is 0.101 e. The molecule has 0 N–H and O–H groups in total. The average molecular weight is 1040 g/mol. The molecule has 3 heteroatoms. The molecule has 15 aromatic carbocycles. The lowest BCUT2D eigenvalue weighted by molar-refractivity contribution is 1.29. The second-order valence-corrected chi connectivity index (χ2v) is 21.0. The van der Waals surface area contributed by atoms with E-state index in [-0.39, 0.29) is 0 Å². The second kappa shape index (κ2) is 20.9. The predicted molar refractivity (Wildman–Crippen MR) is 346 cm³/mol. The summed E-state index contributed by atoms with van der Waals surface area (Å²) in [6, 6.07) is 108. The SMILES string of the molecule is Cc1ccc2c(C#N)c(C#N)c3ccc(-c4ccc5cc(N(c6ccccc6)c6ccc7ccccc7c6)ccc5c4)cc3c2c1.c1ccc(-c2ccccc2-c2c3ccccc3c(-c3cccc4ccccc34)c3ccccc23)cc1. The highest BCUT2D eigenvalue weighted by molar-refractivity contribution is 6.24. The summed E-state index contributed by atoms with van der Waals surface area (Å²) in [7, 11) is 0. The number of nitrogens with zero attached hydrogens (tertiary/aromatic N) is 3. The molecule has 0 aliphatic rings. The van der Waals surface area contributed by atoms with Gasteiger partial charge in [-0.3, -0.25) is 0 Å². The van der Waals surface area contributed by atoms with Crippen molar-refractivity contribution in [3.63, 3.8) is 0 Å². The maximum Gasteiger partial charge on any atom is 0.101 e. The number of benzene rings is 15. The van der Waals surface area contributed by atoms with Crippen molar-refractivity contribution in [2.45, 2.75) is 6.92 Å². The fourth-order valence-electron chi connectivity index (χ4n) is 12.4. The Morgan fingerprint density at radius 1 is 0.256 bits per heavy atom. The van der Waals surface area contributed by atoms with Crippen LogP contribution in [0.1, 0.15) is 16.7 Å². The second-order valence-electron chi connectivity index (χ2n) is 21.0. The number of hydrogen-bond acceptors (Lipinski definition) is 3. The lowest BCUT2D eigenvalue weighted by atomic mass is 9.83. The Hall–Kier alpha value is -11.1. The van der Waals surface area contributed by atoms with Gasteiger partial charge in [0.05, 0.1) is 11.1 Å². The Bertz CT molecular complexity index is 5020.